The number of rotatable bonds is 6. The Bertz CT molecular complexity index is 893. The largest absolute Gasteiger partial charge is 0.379 e. The number of aryl methyl sites for hydroxylation is 2. The molecular weight excluding hydrogens is 372 g/mol. The topological polar surface area (TPSA) is 58.6 Å². The number of sulfonamides is 1. The number of hydrogen-bond donors (Lipinski definition) is 1. The Balaban J connectivity index is 1.52. The van der Waals surface area contributed by atoms with Crippen molar-refractivity contribution in [3.05, 3.63) is 65.2 Å². The van der Waals surface area contributed by atoms with E-state index in [1.165, 1.54) is 17.5 Å². The lowest BCUT2D eigenvalue weighted by molar-refractivity contribution is 0.0172. The second-order valence-corrected chi connectivity index (χ2v) is 9.33. The van der Waals surface area contributed by atoms with Crippen molar-refractivity contribution in [2.45, 2.75) is 36.6 Å². The maximum atomic E-state index is 13.0. The third kappa shape index (κ3) is 4.46. The van der Waals surface area contributed by atoms with E-state index in [9.17, 15) is 8.42 Å². The standard InChI is InChI=1S/C22H28N2O3S/c25-28(26,21-11-10-18-6-4-5-9-20(18)16-21)23-17-22(19-7-2-1-3-8-19)24-12-14-27-15-13-24/h1-3,7-8,10-11,16,22-23H,4-6,9,12-15,17H2. The lowest BCUT2D eigenvalue weighted by atomic mass is 9.92. The summed E-state index contributed by atoms with van der Waals surface area (Å²) >= 11 is 0. The lowest BCUT2D eigenvalue weighted by Crippen LogP contribution is -2.43. The van der Waals surface area contributed by atoms with E-state index >= 15 is 0 Å². The Morgan fingerprint density at radius 1 is 0.964 bits per heavy atom. The van der Waals surface area contributed by atoms with E-state index < -0.39 is 10.0 Å². The summed E-state index contributed by atoms with van der Waals surface area (Å²) in [6.45, 7) is 3.32. The monoisotopic (exact) mass is 400 g/mol. The Morgan fingerprint density at radius 3 is 2.43 bits per heavy atom. The third-order valence-corrected chi connectivity index (χ3v) is 7.19. The highest BCUT2D eigenvalue weighted by Crippen LogP contribution is 2.25. The van der Waals surface area contributed by atoms with Crippen LogP contribution in [-0.2, 0) is 27.6 Å². The zero-order chi connectivity index (χ0) is 19.4. The summed E-state index contributed by atoms with van der Waals surface area (Å²) in [7, 11) is -3.54. The molecule has 28 heavy (non-hydrogen) atoms. The second-order valence-electron chi connectivity index (χ2n) is 7.56. The average Bonchev–Trinajstić information content (AvgIpc) is 2.75. The van der Waals surface area contributed by atoms with Gasteiger partial charge in [0.1, 0.15) is 0 Å². The Hall–Kier alpha value is -1.73. The number of morpholine rings is 1. The Kier molecular flexibility index (Phi) is 6.11. The minimum absolute atomic E-state index is 0.00231. The van der Waals surface area contributed by atoms with E-state index in [0.717, 1.165) is 37.9 Å². The molecule has 0 saturated carbocycles. The molecule has 150 valence electrons. The van der Waals surface area contributed by atoms with Gasteiger partial charge < -0.3 is 4.74 Å². The summed E-state index contributed by atoms with van der Waals surface area (Å²) in [4.78, 5) is 2.68. The van der Waals surface area contributed by atoms with Crippen molar-refractivity contribution < 1.29 is 13.2 Å². The Morgan fingerprint density at radius 2 is 1.68 bits per heavy atom. The molecule has 1 saturated heterocycles. The fraction of sp³-hybridized carbons (Fsp3) is 0.455. The van der Waals surface area contributed by atoms with Crippen LogP contribution in [0.25, 0.3) is 0 Å². The highest BCUT2D eigenvalue weighted by molar-refractivity contribution is 7.89. The first-order valence-corrected chi connectivity index (χ1v) is 11.6. The van der Waals surface area contributed by atoms with Crippen LogP contribution in [0.1, 0.15) is 35.6 Å². The van der Waals surface area contributed by atoms with Gasteiger partial charge in [-0.25, -0.2) is 13.1 Å². The number of benzene rings is 2. The molecule has 1 N–H and O–H groups in total. The molecule has 1 atom stereocenters. The smallest absolute Gasteiger partial charge is 0.240 e. The molecule has 1 fully saturated rings. The van der Waals surface area contributed by atoms with Crippen LogP contribution < -0.4 is 4.72 Å². The van der Waals surface area contributed by atoms with Crippen molar-refractivity contribution in [2.75, 3.05) is 32.8 Å². The summed E-state index contributed by atoms with van der Waals surface area (Å²) < 4.78 is 34.3. The molecule has 1 heterocycles. The van der Waals surface area contributed by atoms with Gasteiger partial charge in [-0.15, -0.1) is 0 Å². The molecular formula is C22H28N2O3S. The maximum Gasteiger partial charge on any atom is 0.240 e. The van der Waals surface area contributed by atoms with E-state index in [2.05, 4.69) is 21.8 Å². The summed E-state index contributed by atoms with van der Waals surface area (Å²) in [5.41, 5.74) is 3.60. The van der Waals surface area contributed by atoms with E-state index in [-0.39, 0.29) is 6.04 Å². The fourth-order valence-corrected chi connectivity index (χ4v) is 5.26. The van der Waals surface area contributed by atoms with Crippen molar-refractivity contribution in [1.82, 2.24) is 9.62 Å². The van der Waals surface area contributed by atoms with Gasteiger partial charge in [-0.3, -0.25) is 4.90 Å². The zero-order valence-electron chi connectivity index (χ0n) is 16.1. The molecule has 0 aromatic heterocycles. The van der Waals surface area contributed by atoms with E-state index in [1.54, 1.807) is 6.07 Å². The van der Waals surface area contributed by atoms with Crippen LogP contribution in [0.5, 0.6) is 0 Å². The quantitative estimate of drug-likeness (QED) is 0.810. The van der Waals surface area contributed by atoms with Crippen LogP contribution in [0.15, 0.2) is 53.4 Å². The summed E-state index contributed by atoms with van der Waals surface area (Å²) in [6, 6.07) is 15.7. The fourth-order valence-electron chi connectivity index (χ4n) is 4.17. The molecule has 5 nitrogen and oxygen atoms in total. The average molecular weight is 401 g/mol. The molecule has 6 heteroatoms. The molecule has 1 unspecified atom stereocenters. The maximum absolute atomic E-state index is 13.0. The highest BCUT2D eigenvalue weighted by Gasteiger charge is 2.25. The van der Waals surface area contributed by atoms with Crippen molar-refractivity contribution >= 4 is 10.0 Å². The van der Waals surface area contributed by atoms with Crippen LogP contribution in [0.3, 0.4) is 0 Å². The number of nitrogens with one attached hydrogen (secondary N) is 1. The Labute approximate surface area is 167 Å². The van der Waals surface area contributed by atoms with Crippen LogP contribution >= 0.6 is 0 Å². The molecule has 2 aromatic carbocycles. The minimum Gasteiger partial charge on any atom is -0.379 e. The summed E-state index contributed by atoms with van der Waals surface area (Å²) in [5.74, 6) is 0. The van der Waals surface area contributed by atoms with Crippen LogP contribution in [0.2, 0.25) is 0 Å². The molecule has 0 spiro atoms. The van der Waals surface area contributed by atoms with Crippen molar-refractivity contribution in [2.24, 2.45) is 0 Å². The lowest BCUT2D eigenvalue weighted by Gasteiger charge is -2.34. The van der Waals surface area contributed by atoms with Gasteiger partial charge in [0.15, 0.2) is 0 Å². The third-order valence-electron chi connectivity index (χ3n) is 5.77. The molecule has 2 aromatic rings. The predicted molar refractivity (Wildman–Crippen MR) is 110 cm³/mol. The van der Waals surface area contributed by atoms with Gasteiger partial charge in [-0.2, -0.15) is 0 Å². The molecule has 1 aliphatic carbocycles. The van der Waals surface area contributed by atoms with E-state index in [0.29, 0.717) is 24.7 Å². The molecule has 4 rings (SSSR count). The van der Waals surface area contributed by atoms with E-state index in [4.69, 9.17) is 4.74 Å². The van der Waals surface area contributed by atoms with E-state index in [1.807, 2.05) is 30.3 Å². The van der Waals surface area contributed by atoms with Gasteiger partial charge in [0.25, 0.3) is 0 Å². The molecule has 2 aliphatic rings. The second kappa shape index (κ2) is 8.74. The molecule has 1 aliphatic heterocycles. The first-order valence-electron chi connectivity index (χ1n) is 10.1. The van der Waals surface area contributed by atoms with Crippen LogP contribution in [0, 0.1) is 0 Å². The molecule has 0 bridgehead atoms. The van der Waals surface area contributed by atoms with Gasteiger partial charge in [-0.1, -0.05) is 36.4 Å². The SMILES string of the molecule is O=S(=O)(NCC(c1ccccc1)N1CCOCC1)c1ccc2c(c1)CCCC2. The van der Waals surface area contributed by atoms with Crippen molar-refractivity contribution in [1.29, 1.82) is 0 Å². The van der Waals surface area contributed by atoms with Crippen molar-refractivity contribution in [3.8, 4) is 0 Å². The normalized spacial score (nSPS) is 19.1. The zero-order valence-corrected chi connectivity index (χ0v) is 17.0. The number of nitrogens with zero attached hydrogens (tertiary/aromatic N) is 1. The first-order chi connectivity index (χ1) is 13.6. The summed E-state index contributed by atoms with van der Waals surface area (Å²) in [5, 5.41) is 0. The van der Waals surface area contributed by atoms with Gasteiger partial charge in [-0.05, 0) is 54.5 Å². The first kappa shape index (κ1) is 19.6. The van der Waals surface area contributed by atoms with Gasteiger partial charge >= 0.3 is 0 Å². The highest BCUT2D eigenvalue weighted by atomic mass is 32.2. The van der Waals surface area contributed by atoms with Crippen LogP contribution in [0.4, 0.5) is 0 Å². The van der Waals surface area contributed by atoms with Gasteiger partial charge in [0, 0.05) is 25.7 Å². The number of ether oxygens (including phenoxy) is 1. The predicted octanol–water partition coefficient (Wildman–Crippen LogP) is 2.92. The molecule has 0 radical (unpaired) electrons. The molecule has 0 amide bonds. The summed E-state index contributed by atoms with van der Waals surface area (Å²) in [6.07, 6.45) is 4.35. The van der Waals surface area contributed by atoms with Gasteiger partial charge in [0.2, 0.25) is 10.0 Å². The van der Waals surface area contributed by atoms with Crippen LogP contribution in [-0.4, -0.2) is 46.2 Å². The number of fused-ring (bicyclic) bond motifs is 1. The van der Waals surface area contributed by atoms with Gasteiger partial charge in [0.05, 0.1) is 18.1 Å². The number of hydrogen-bond acceptors (Lipinski definition) is 4. The van der Waals surface area contributed by atoms with Crippen molar-refractivity contribution in [3.63, 3.8) is 0 Å². The minimum atomic E-state index is -3.54.